The van der Waals surface area contributed by atoms with E-state index in [-0.39, 0.29) is 0 Å². The summed E-state index contributed by atoms with van der Waals surface area (Å²) in [6.45, 7) is 8.80. The van der Waals surface area contributed by atoms with E-state index in [1.807, 2.05) is 7.05 Å². The molecule has 2 heteroatoms. The minimum Gasteiger partial charge on any atom is -0.333 e. The molecule has 0 aromatic heterocycles. The fraction of sp³-hybridized carbons (Fsp3) is 0.562. The van der Waals surface area contributed by atoms with Crippen LogP contribution in [-0.2, 0) is 0 Å². The van der Waals surface area contributed by atoms with E-state index in [0.29, 0.717) is 5.92 Å². The topological polar surface area (TPSA) is 15.6 Å². The highest BCUT2D eigenvalue weighted by Gasteiger charge is 2.19. The van der Waals surface area contributed by atoms with Crippen LogP contribution >= 0.6 is 0 Å². The van der Waals surface area contributed by atoms with E-state index in [1.54, 1.807) is 0 Å². The summed E-state index contributed by atoms with van der Waals surface area (Å²) in [5.41, 5.74) is 3.92. The number of hydrogen-bond acceptors (Lipinski definition) is 1. The number of amidine groups is 1. The number of para-hydroxylation sites is 1. The molecule has 100 valence electrons. The lowest BCUT2D eigenvalue weighted by molar-refractivity contribution is 0.632. The Balaban J connectivity index is 3.16. The highest BCUT2D eigenvalue weighted by atomic mass is 15.2. The molecular weight excluding hydrogens is 220 g/mol. The Bertz CT molecular complexity index is 397. The van der Waals surface area contributed by atoms with Crippen molar-refractivity contribution in [3.8, 4) is 0 Å². The van der Waals surface area contributed by atoms with Crippen LogP contribution in [0.25, 0.3) is 0 Å². The van der Waals surface area contributed by atoms with Gasteiger partial charge in [-0.3, -0.25) is 4.99 Å². The van der Waals surface area contributed by atoms with Gasteiger partial charge in [-0.2, -0.15) is 0 Å². The van der Waals surface area contributed by atoms with Gasteiger partial charge in [0.05, 0.1) is 0 Å². The Morgan fingerprint density at radius 1 is 1.17 bits per heavy atom. The SMILES string of the molecule is CCC(CC)/C(=N/C)N(C)c1c(C)cccc1C. The van der Waals surface area contributed by atoms with Crippen LogP contribution in [0.4, 0.5) is 5.69 Å². The Morgan fingerprint density at radius 3 is 2.06 bits per heavy atom. The first-order chi connectivity index (χ1) is 8.56. The van der Waals surface area contributed by atoms with Crippen molar-refractivity contribution in [2.45, 2.75) is 40.5 Å². The van der Waals surface area contributed by atoms with Gasteiger partial charge in [-0.05, 0) is 37.8 Å². The second kappa shape index (κ2) is 6.58. The normalized spacial score (nSPS) is 12.1. The van der Waals surface area contributed by atoms with Crippen molar-refractivity contribution in [3.63, 3.8) is 0 Å². The quantitative estimate of drug-likeness (QED) is 0.574. The maximum atomic E-state index is 4.53. The fourth-order valence-electron chi connectivity index (χ4n) is 2.71. The summed E-state index contributed by atoms with van der Waals surface area (Å²) in [7, 11) is 4.04. The lowest BCUT2D eigenvalue weighted by Gasteiger charge is -2.29. The zero-order valence-corrected chi connectivity index (χ0v) is 12.6. The average molecular weight is 246 g/mol. The van der Waals surface area contributed by atoms with E-state index in [0.717, 1.165) is 12.8 Å². The third-order valence-electron chi connectivity index (χ3n) is 3.70. The molecule has 0 unspecified atom stereocenters. The Hall–Kier alpha value is -1.31. The second-order valence-corrected chi connectivity index (χ2v) is 4.89. The van der Waals surface area contributed by atoms with Crippen molar-refractivity contribution < 1.29 is 0 Å². The van der Waals surface area contributed by atoms with Gasteiger partial charge in [-0.25, -0.2) is 0 Å². The monoisotopic (exact) mass is 246 g/mol. The van der Waals surface area contributed by atoms with Gasteiger partial charge in [-0.1, -0.05) is 32.0 Å². The van der Waals surface area contributed by atoms with E-state index in [9.17, 15) is 0 Å². The molecule has 0 heterocycles. The highest BCUT2D eigenvalue weighted by molar-refractivity contribution is 6.00. The first-order valence-corrected chi connectivity index (χ1v) is 6.83. The lowest BCUT2D eigenvalue weighted by Crippen LogP contribution is -2.33. The molecule has 1 aromatic rings. The molecule has 0 bridgehead atoms. The number of aliphatic imine (C=N–C) groups is 1. The van der Waals surface area contributed by atoms with Crippen molar-refractivity contribution in [2.75, 3.05) is 19.0 Å². The molecule has 1 aromatic carbocycles. The molecule has 0 N–H and O–H groups in total. The maximum Gasteiger partial charge on any atom is 0.106 e. The van der Waals surface area contributed by atoms with Gasteiger partial charge in [-0.15, -0.1) is 0 Å². The molecule has 0 amide bonds. The Morgan fingerprint density at radius 2 is 1.67 bits per heavy atom. The van der Waals surface area contributed by atoms with Crippen LogP contribution in [0.2, 0.25) is 0 Å². The van der Waals surface area contributed by atoms with E-state index < -0.39 is 0 Å². The smallest absolute Gasteiger partial charge is 0.106 e. The molecule has 0 aliphatic carbocycles. The van der Waals surface area contributed by atoms with Crippen LogP contribution in [0.3, 0.4) is 0 Å². The zero-order chi connectivity index (χ0) is 13.7. The predicted molar refractivity (Wildman–Crippen MR) is 81.8 cm³/mol. The third kappa shape index (κ3) is 2.92. The van der Waals surface area contributed by atoms with Gasteiger partial charge in [0, 0.05) is 25.7 Å². The second-order valence-electron chi connectivity index (χ2n) is 4.89. The van der Waals surface area contributed by atoms with E-state index in [2.05, 4.69) is 62.8 Å². The molecule has 0 fully saturated rings. The molecule has 2 nitrogen and oxygen atoms in total. The molecule has 0 spiro atoms. The van der Waals surface area contributed by atoms with Crippen molar-refractivity contribution in [1.82, 2.24) is 0 Å². The zero-order valence-electron chi connectivity index (χ0n) is 12.6. The van der Waals surface area contributed by atoms with Crippen molar-refractivity contribution in [3.05, 3.63) is 29.3 Å². The van der Waals surface area contributed by atoms with Crippen LogP contribution in [0.15, 0.2) is 23.2 Å². The molecule has 0 saturated carbocycles. The number of rotatable bonds is 4. The van der Waals surface area contributed by atoms with Crippen LogP contribution in [0.5, 0.6) is 0 Å². The first-order valence-electron chi connectivity index (χ1n) is 6.83. The minimum atomic E-state index is 0.541. The average Bonchev–Trinajstić information content (AvgIpc) is 2.35. The standard InChI is InChI=1S/C16H26N2/c1-7-14(8-2)16(17-5)18(6)15-12(3)10-9-11-13(15)4/h9-11,14H,7-8H2,1-6H3/b17-16-. The largest absolute Gasteiger partial charge is 0.333 e. The van der Waals surface area contributed by atoms with Gasteiger partial charge in [0.1, 0.15) is 5.84 Å². The van der Waals surface area contributed by atoms with Crippen LogP contribution in [0, 0.1) is 19.8 Å². The molecule has 0 saturated heterocycles. The number of benzene rings is 1. The number of anilines is 1. The number of hydrogen-bond donors (Lipinski definition) is 0. The minimum absolute atomic E-state index is 0.541. The van der Waals surface area contributed by atoms with Crippen molar-refractivity contribution in [2.24, 2.45) is 10.9 Å². The molecule has 0 atom stereocenters. The summed E-state index contributed by atoms with van der Waals surface area (Å²) in [6, 6.07) is 6.44. The molecule has 0 radical (unpaired) electrons. The van der Waals surface area contributed by atoms with E-state index in [1.165, 1.54) is 22.6 Å². The van der Waals surface area contributed by atoms with Crippen LogP contribution < -0.4 is 4.90 Å². The van der Waals surface area contributed by atoms with Gasteiger partial charge >= 0.3 is 0 Å². The Labute approximate surface area is 112 Å². The number of aryl methyl sites for hydroxylation is 2. The summed E-state index contributed by atoms with van der Waals surface area (Å²) >= 11 is 0. The summed E-state index contributed by atoms with van der Waals surface area (Å²) in [5.74, 6) is 1.73. The van der Waals surface area contributed by atoms with Crippen LogP contribution in [-0.4, -0.2) is 19.9 Å². The van der Waals surface area contributed by atoms with Gasteiger partial charge in [0.15, 0.2) is 0 Å². The highest BCUT2D eigenvalue weighted by Crippen LogP contribution is 2.26. The van der Waals surface area contributed by atoms with E-state index in [4.69, 9.17) is 0 Å². The molecule has 0 aliphatic rings. The predicted octanol–water partition coefficient (Wildman–Crippen LogP) is 4.20. The first kappa shape index (κ1) is 14.7. The maximum absolute atomic E-state index is 4.53. The molecule has 18 heavy (non-hydrogen) atoms. The van der Waals surface area contributed by atoms with Crippen LogP contribution in [0.1, 0.15) is 37.8 Å². The molecular formula is C16H26N2. The lowest BCUT2D eigenvalue weighted by atomic mass is 9.99. The summed E-state index contributed by atoms with van der Waals surface area (Å²) < 4.78 is 0. The van der Waals surface area contributed by atoms with E-state index >= 15 is 0 Å². The third-order valence-corrected chi connectivity index (χ3v) is 3.70. The van der Waals surface area contributed by atoms with Crippen molar-refractivity contribution >= 4 is 11.5 Å². The molecule has 1 rings (SSSR count). The Kier molecular flexibility index (Phi) is 5.39. The summed E-state index contributed by atoms with van der Waals surface area (Å²) in [6.07, 6.45) is 2.27. The van der Waals surface area contributed by atoms with Gasteiger partial charge in [0.2, 0.25) is 0 Å². The van der Waals surface area contributed by atoms with Gasteiger partial charge in [0.25, 0.3) is 0 Å². The summed E-state index contributed by atoms with van der Waals surface area (Å²) in [4.78, 5) is 6.80. The van der Waals surface area contributed by atoms with Gasteiger partial charge < -0.3 is 4.90 Å². The van der Waals surface area contributed by atoms with Crippen molar-refractivity contribution in [1.29, 1.82) is 0 Å². The molecule has 0 aliphatic heterocycles. The summed E-state index contributed by atoms with van der Waals surface area (Å²) in [5, 5.41) is 0. The number of nitrogens with zero attached hydrogens (tertiary/aromatic N) is 2. The fourth-order valence-corrected chi connectivity index (χ4v) is 2.71.